The van der Waals surface area contributed by atoms with Gasteiger partial charge in [-0.3, -0.25) is 0 Å². The van der Waals surface area contributed by atoms with Gasteiger partial charge in [0.25, 0.3) is 0 Å². The minimum atomic E-state index is -1.01. The van der Waals surface area contributed by atoms with Crippen molar-refractivity contribution >= 4 is 22.9 Å². The van der Waals surface area contributed by atoms with E-state index in [0.29, 0.717) is 30.8 Å². The second-order valence-corrected chi connectivity index (χ2v) is 7.94. The summed E-state index contributed by atoms with van der Waals surface area (Å²) < 4.78 is 17.9. The van der Waals surface area contributed by atoms with E-state index in [0.717, 1.165) is 48.9 Å². The van der Waals surface area contributed by atoms with Gasteiger partial charge in [-0.2, -0.15) is 4.98 Å². The van der Waals surface area contributed by atoms with Crippen LogP contribution in [0.15, 0.2) is 4.90 Å². The molecule has 0 spiro atoms. The van der Waals surface area contributed by atoms with E-state index in [1.165, 1.54) is 0 Å². The van der Waals surface area contributed by atoms with Gasteiger partial charge in [-0.25, -0.2) is 4.98 Å². The highest BCUT2D eigenvalue weighted by molar-refractivity contribution is 7.91. The Balaban J connectivity index is 1.68. The maximum atomic E-state index is 12.4. The molecular formula is C15H22N4O3S. The van der Waals surface area contributed by atoms with Crippen LogP contribution in [0.1, 0.15) is 18.5 Å². The molecule has 4 heterocycles. The molecule has 23 heavy (non-hydrogen) atoms. The highest BCUT2D eigenvalue weighted by Crippen LogP contribution is 2.36. The Bertz CT molecular complexity index is 590. The lowest BCUT2D eigenvalue weighted by atomic mass is 10.1. The van der Waals surface area contributed by atoms with Crippen LogP contribution in [0.3, 0.4) is 0 Å². The second kappa shape index (κ2) is 6.08. The molecule has 0 aliphatic carbocycles. The molecule has 0 unspecified atom stereocenters. The number of hydrogen-bond acceptors (Lipinski definition) is 7. The van der Waals surface area contributed by atoms with Crippen molar-refractivity contribution in [2.24, 2.45) is 0 Å². The third-order valence-electron chi connectivity index (χ3n) is 4.88. The Morgan fingerprint density at radius 1 is 1.30 bits per heavy atom. The largest absolute Gasteiger partial charge is 0.611 e. The normalized spacial score (nSPS) is 25.3. The summed E-state index contributed by atoms with van der Waals surface area (Å²) >= 11 is -1.01. The minimum absolute atomic E-state index is 0.294. The molecular weight excluding hydrogens is 316 g/mol. The Morgan fingerprint density at radius 2 is 2.04 bits per heavy atom. The zero-order valence-electron chi connectivity index (χ0n) is 13.3. The SMILES string of the molecule is CN(c1nc(N2CC(O)C2)nc2c1[S@@+]([O-])CC2)C1CCOCC1. The summed E-state index contributed by atoms with van der Waals surface area (Å²) in [4.78, 5) is 14.3. The van der Waals surface area contributed by atoms with E-state index in [9.17, 15) is 9.66 Å². The molecule has 0 saturated carbocycles. The molecule has 126 valence electrons. The molecule has 1 aromatic rings. The van der Waals surface area contributed by atoms with E-state index >= 15 is 0 Å². The number of fused-ring (bicyclic) bond motifs is 1. The first-order valence-corrected chi connectivity index (χ1v) is 9.48. The monoisotopic (exact) mass is 338 g/mol. The summed E-state index contributed by atoms with van der Waals surface area (Å²) in [7, 11) is 2.03. The van der Waals surface area contributed by atoms with Crippen LogP contribution in [0.4, 0.5) is 11.8 Å². The van der Waals surface area contributed by atoms with Crippen LogP contribution in [0.25, 0.3) is 0 Å². The molecule has 1 N–H and O–H groups in total. The van der Waals surface area contributed by atoms with Crippen molar-refractivity contribution in [3.05, 3.63) is 5.69 Å². The molecule has 0 bridgehead atoms. The number of nitrogens with zero attached hydrogens (tertiary/aromatic N) is 4. The van der Waals surface area contributed by atoms with Crippen molar-refractivity contribution in [2.75, 3.05) is 48.9 Å². The molecule has 2 saturated heterocycles. The fourth-order valence-electron chi connectivity index (χ4n) is 3.41. The first kappa shape index (κ1) is 15.4. The molecule has 2 fully saturated rings. The first-order valence-electron chi connectivity index (χ1n) is 8.16. The molecule has 0 aromatic carbocycles. The Kier molecular flexibility index (Phi) is 4.08. The molecule has 3 aliphatic rings. The van der Waals surface area contributed by atoms with Crippen LogP contribution in [-0.4, -0.2) is 70.9 Å². The number of ether oxygens (including phenoxy) is 1. The van der Waals surface area contributed by atoms with Crippen LogP contribution in [0.5, 0.6) is 0 Å². The average molecular weight is 338 g/mol. The van der Waals surface area contributed by atoms with Crippen molar-refractivity contribution < 1.29 is 14.4 Å². The van der Waals surface area contributed by atoms with E-state index in [4.69, 9.17) is 9.72 Å². The first-order chi connectivity index (χ1) is 11.1. The van der Waals surface area contributed by atoms with E-state index in [1.807, 2.05) is 11.9 Å². The summed E-state index contributed by atoms with van der Waals surface area (Å²) in [6.07, 6.45) is 2.36. The van der Waals surface area contributed by atoms with E-state index in [-0.39, 0.29) is 6.10 Å². The Hall–Kier alpha value is -1.09. The predicted molar refractivity (Wildman–Crippen MR) is 87.5 cm³/mol. The zero-order valence-corrected chi connectivity index (χ0v) is 14.1. The number of anilines is 2. The van der Waals surface area contributed by atoms with Crippen LogP contribution < -0.4 is 9.80 Å². The van der Waals surface area contributed by atoms with Crippen LogP contribution >= 0.6 is 0 Å². The maximum absolute atomic E-state index is 12.4. The summed E-state index contributed by atoms with van der Waals surface area (Å²) in [6, 6.07) is 0.357. The maximum Gasteiger partial charge on any atom is 0.228 e. The fraction of sp³-hybridized carbons (Fsp3) is 0.733. The lowest BCUT2D eigenvalue weighted by Gasteiger charge is -2.37. The number of aliphatic hydroxyl groups excluding tert-OH is 1. The summed E-state index contributed by atoms with van der Waals surface area (Å²) in [5, 5.41) is 9.53. The quantitative estimate of drug-likeness (QED) is 0.773. The number of β-amino-alcohol motifs (C(OH)–C–C–N with tert-alkyl or cyclic N) is 1. The van der Waals surface area contributed by atoms with E-state index in [1.54, 1.807) is 0 Å². The Morgan fingerprint density at radius 3 is 2.74 bits per heavy atom. The molecule has 1 atom stereocenters. The van der Waals surface area contributed by atoms with Crippen molar-refractivity contribution in [3.8, 4) is 0 Å². The lowest BCUT2D eigenvalue weighted by molar-refractivity contribution is 0.0852. The second-order valence-electron chi connectivity index (χ2n) is 6.44. The van der Waals surface area contributed by atoms with Gasteiger partial charge in [0.15, 0.2) is 5.82 Å². The number of hydrogen-bond donors (Lipinski definition) is 1. The fourth-order valence-corrected chi connectivity index (χ4v) is 4.80. The van der Waals surface area contributed by atoms with Crippen molar-refractivity contribution in [1.82, 2.24) is 9.97 Å². The molecule has 0 amide bonds. The third-order valence-corrected chi connectivity index (χ3v) is 6.32. The van der Waals surface area contributed by atoms with Gasteiger partial charge in [-0.15, -0.1) is 0 Å². The van der Waals surface area contributed by atoms with Gasteiger partial charge < -0.3 is 24.2 Å². The van der Waals surface area contributed by atoms with Gasteiger partial charge in [-0.1, -0.05) is 0 Å². The smallest absolute Gasteiger partial charge is 0.228 e. The van der Waals surface area contributed by atoms with Gasteiger partial charge in [0.05, 0.1) is 6.10 Å². The van der Waals surface area contributed by atoms with Crippen molar-refractivity contribution in [1.29, 1.82) is 0 Å². The van der Waals surface area contributed by atoms with Crippen molar-refractivity contribution in [2.45, 2.75) is 36.3 Å². The minimum Gasteiger partial charge on any atom is -0.611 e. The standard InChI is InChI=1S/C15H22N4O3S/c1-18(10-2-5-22-6-3-10)14-13-12(4-7-23(13)21)16-15(17-14)19-8-11(20)9-19/h10-11,20H,2-9H2,1H3/t23-/m0/s1. The zero-order chi connectivity index (χ0) is 16.0. The Labute approximate surface area is 138 Å². The van der Waals surface area contributed by atoms with E-state index in [2.05, 4.69) is 9.88 Å². The molecule has 3 aliphatic heterocycles. The molecule has 1 aromatic heterocycles. The topological polar surface area (TPSA) is 84.8 Å². The van der Waals surface area contributed by atoms with Gasteiger partial charge in [-0.05, 0) is 24.0 Å². The van der Waals surface area contributed by atoms with Gasteiger partial charge in [0.2, 0.25) is 10.8 Å². The van der Waals surface area contributed by atoms with Crippen molar-refractivity contribution in [3.63, 3.8) is 0 Å². The average Bonchev–Trinajstić information content (AvgIpc) is 2.92. The summed E-state index contributed by atoms with van der Waals surface area (Å²) in [5.74, 6) is 2.08. The summed E-state index contributed by atoms with van der Waals surface area (Å²) in [6.45, 7) is 2.66. The summed E-state index contributed by atoms with van der Waals surface area (Å²) in [5.41, 5.74) is 0.906. The number of aliphatic hydroxyl groups is 1. The van der Waals surface area contributed by atoms with Gasteiger partial charge in [0, 0.05) is 45.8 Å². The molecule has 0 radical (unpaired) electrons. The molecule has 7 nitrogen and oxygen atoms in total. The lowest BCUT2D eigenvalue weighted by Crippen LogP contribution is -2.51. The molecule has 4 rings (SSSR count). The highest BCUT2D eigenvalue weighted by Gasteiger charge is 2.37. The number of aromatic nitrogens is 2. The number of aryl methyl sites for hydroxylation is 1. The number of rotatable bonds is 3. The van der Waals surface area contributed by atoms with Crippen LogP contribution in [-0.2, 0) is 22.3 Å². The van der Waals surface area contributed by atoms with Gasteiger partial charge in [0.1, 0.15) is 11.4 Å². The van der Waals surface area contributed by atoms with Crippen LogP contribution in [0.2, 0.25) is 0 Å². The van der Waals surface area contributed by atoms with Gasteiger partial charge >= 0.3 is 0 Å². The highest BCUT2D eigenvalue weighted by atomic mass is 32.2. The third kappa shape index (κ3) is 2.77. The van der Waals surface area contributed by atoms with Crippen LogP contribution in [0, 0.1) is 0 Å². The van der Waals surface area contributed by atoms with E-state index < -0.39 is 11.2 Å². The predicted octanol–water partition coefficient (Wildman–Crippen LogP) is -0.0636. The molecule has 8 heteroatoms.